The third-order valence-electron chi connectivity index (χ3n) is 3.23. The maximum atomic E-state index is 11.3. The van der Waals surface area contributed by atoms with Gasteiger partial charge in [-0.1, -0.05) is 56.5 Å². The molecule has 0 spiro atoms. The van der Waals surface area contributed by atoms with Crippen LogP contribution in [0.4, 0.5) is 4.79 Å². The Morgan fingerprint density at radius 3 is 2.79 bits per heavy atom. The van der Waals surface area contributed by atoms with Crippen LogP contribution in [0.5, 0.6) is 0 Å². The van der Waals surface area contributed by atoms with Crippen LogP contribution in [0.1, 0.15) is 38.2 Å². The van der Waals surface area contributed by atoms with Crippen LogP contribution in [0.25, 0.3) is 0 Å². The summed E-state index contributed by atoms with van der Waals surface area (Å²) in [6.45, 7) is 2.62. The van der Waals surface area contributed by atoms with E-state index in [0.29, 0.717) is 6.61 Å². The fourth-order valence-electron chi connectivity index (χ4n) is 2.17. The van der Waals surface area contributed by atoms with Crippen LogP contribution >= 0.6 is 0 Å². The first-order chi connectivity index (χ1) is 9.29. The number of unbranched alkanes of at least 4 members (excludes halogenated alkanes) is 2. The van der Waals surface area contributed by atoms with Gasteiger partial charge in [0.1, 0.15) is 0 Å². The quantitative estimate of drug-likeness (QED) is 0.768. The van der Waals surface area contributed by atoms with E-state index in [4.69, 9.17) is 9.47 Å². The predicted molar refractivity (Wildman–Crippen MR) is 72.6 cm³/mol. The van der Waals surface area contributed by atoms with Crippen molar-refractivity contribution >= 4 is 6.09 Å². The van der Waals surface area contributed by atoms with Crippen LogP contribution in [-0.2, 0) is 16.1 Å². The second-order valence-electron chi connectivity index (χ2n) is 4.82. The van der Waals surface area contributed by atoms with E-state index >= 15 is 0 Å². The first-order valence-electron chi connectivity index (χ1n) is 6.92. The third kappa shape index (κ3) is 4.24. The van der Waals surface area contributed by atoms with Crippen LogP contribution in [0.15, 0.2) is 30.3 Å². The molecule has 1 aromatic rings. The summed E-state index contributed by atoms with van der Waals surface area (Å²) in [5.41, 5.74) is 1.08. The van der Waals surface area contributed by atoms with Gasteiger partial charge in [0.25, 0.3) is 0 Å². The van der Waals surface area contributed by atoms with Gasteiger partial charge in [-0.2, -0.15) is 0 Å². The van der Waals surface area contributed by atoms with Crippen molar-refractivity contribution in [2.24, 2.45) is 0 Å². The molecule has 0 unspecified atom stereocenters. The highest BCUT2D eigenvalue weighted by Gasteiger charge is 2.34. The Hall–Kier alpha value is -1.55. The lowest BCUT2D eigenvalue weighted by Crippen LogP contribution is -2.33. The fourth-order valence-corrected chi connectivity index (χ4v) is 2.17. The predicted octanol–water partition coefficient (Wildman–Crippen LogP) is 3.22. The van der Waals surface area contributed by atoms with Crippen LogP contribution in [0, 0.1) is 0 Å². The number of carbonyl (C=O) groups excluding carboxylic acids is 1. The molecular weight excluding hydrogens is 242 g/mol. The molecule has 4 nitrogen and oxygen atoms in total. The van der Waals surface area contributed by atoms with Crippen molar-refractivity contribution in [2.45, 2.75) is 51.5 Å². The average Bonchev–Trinajstić information content (AvgIpc) is 2.78. The van der Waals surface area contributed by atoms with Gasteiger partial charge in [-0.15, -0.1) is 0 Å². The van der Waals surface area contributed by atoms with E-state index in [1.807, 2.05) is 30.3 Å². The molecule has 1 saturated heterocycles. The topological polar surface area (TPSA) is 47.6 Å². The number of alkyl carbamates (subject to hydrolysis) is 1. The SMILES string of the molecule is CCCCC[C@@H]1NC(=O)O[C@@H]1OCc1ccccc1. The average molecular weight is 263 g/mol. The van der Waals surface area contributed by atoms with Gasteiger partial charge in [0.05, 0.1) is 12.6 Å². The van der Waals surface area contributed by atoms with E-state index in [2.05, 4.69) is 12.2 Å². The van der Waals surface area contributed by atoms with Gasteiger partial charge in [-0.3, -0.25) is 0 Å². The number of cyclic esters (lactones) is 1. The van der Waals surface area contributed by atoms with Gasteiger partial charge >= 0.3 is 6.09 Å². The molecule has 1 heterocycles. The van der Waals surface area contributed by atoms with Crippen molar-refractivity contribution in [1.82, 2.24) is 5.32 Å². The minimum Gasteiger partial charge on any atom is -0.417 e. The van der Waals surface area contributed by atoms with Crippen LogP contribution in [0.2, 0.25) is 0 Å². The van der Waals surface area contributed by atoms with Crippen molar-refractivity contribution in [1.29, 1.82) is 0 Å². The summed E-state index contributed by atoms with van der Waals surface area (Å²) in [5.74, 6) is 0. The Morgan fingerprint density at radius 1 is 1.26 bits per heavy atom. The first-order valence-corrected chi connectivity index (χ1v) is 6.92. The van der Waals surface area contributed by atoms with Gasteiger partial charge < -0.3 is 14.8 Å². The fraction of sp³-hybridized carbons (Fsp3) is 0.533. The van der Waals surface area contributed by atoms with Gasteiger partial charge in [0.15, 0.2) is 0 Å². The molecule has 0 bridgehead atoms. The molecule has 0 saturated carbocycles. The standard InChI is InChI=1S/C15H21NO3/c1-2-3-5-10-13-14(19-15(17)16-13)18-11-12-8-6-4-7-9-12/h4,6-9,13-14H,2-3,5,10-11H2,1H3,(H,16,17)/t13-,14-/m0/s1. The summed E-state index contributed by atoms with van der Waals surface area (Å²) < 4.78 is 10.9. The van der Waals surface area contributed by atoms with Crippen LogP contribution < -0.4 is 5.32 Å². The summed E-state index contributed by atoms with van der Waals surface area (Å²) in [7, 11) is 0. The van der Waals surface area contributed by atoms with Crippen molar-refractivity contribution in [3.05, 3.63) is 35.9 Å². The lowest BCUT2D eigenvalue weighted by Gasteiger charge is -2.17. The van der Waals surface area contributed by atoms with E-state index in [-0.39, 0.29) is 12.1 Å². The minimum atomic E-state index is -0.468. The van der Waals surface area contributed by atoms with Crippen LogP contribution in [-0.4, -0.2) is 18.4 Å². The minimum absolute atomic E-state index is 0.0252. The third-order valence-corrected chi connectivity index (χ3v) is 3.23. The summed E-state index contributed by atoms with van der Waals surface area (Å²) >= 11 is 0. The Balaban J connectivity index is 1.81. The molecule has 19 heavy (non-hydrogen) atoms. The zero-order chi connectivity index (χ0) is 13.5. The summed E-state index contributed by atoms with van der Waals surface area (Å²) in [6, 6.07) is 9.87. The monoisotopic (exact) mass is 263 g/mol. The van der Waals surface area contributed by atoms with E-state index in [1.165, 1.54) is 0 Å². The number of rotatable bonds is 7. The Kier molecular flexibility index (Phi) is 5.21. The molecule has 4 heteroatoms. The molecule has 1 aliphatic rings. The molecule has 104 valence electrons. The summed E-state index contributed by atoms with van der Waals surface area (Å²) in [6.07, 6.45) is 3.47. The number of amides is 1. The Bertz CT molecular complexity index is 394. The first kappa shape index (κ1) is 13.9. The summed E-state index contributed by atoms with van der Waals surface area (Å²) in [5, 5.41) is 2.81. The lowest BCUT2D eigenvalue weighted by atomic mass is 10.1. The number of hydrogen-bond acceptors (Lipinski definition) is 3. The lowest BCUT2D eigenvalue weighted by molar-refractivity contribution is -0.102. The molecular formula is C15H21NO3. The highest BCUT2D eigenvalue weighted by Crippen LogP contribution is 2.18. The highest BCUT2D eigenvalue weighted by molar-refractivity contribution is 5.69. The molecule has 0 aromatic heterocycles. The molecule has 1 fully saturated rings. The molecule has 0 aliphatic carbocycles. The number of benzene rings is 1. The van der Waals surface area contributed by atoms with E-state index in [9.17, 15) is 4.79 Å². The zero-order valence-corrected chi connectivity index (χ0v) is 11.3. The number of ether oxygens (including phenoxy) is 2. The number of nitrogens with one attached hydrogen (secondary N) is 1. The maximum absolute atomic E-state index is 11.3. The van der Waals surface area contributed by atoms with Gasteiger partial charge in [0, 0.05) is 0 Å². The summed E-state index contributed by atoms with van der Waals surface area (Å²) in [4.78, 5) is 11.3. The molecule has 2 rings (SSSR count). The number of hydrogen-bond donors (Lipinski definition) is 1. The second-order valence-corrected chi connectivity index (χ2v) is 4.82. The second kappa shape index (κ2) is 7.14. The normalized spacial score (nSPS) is 22.1. The Labute approximate surface area is 114 Å². The van der Waals surface area contributed by atoms with Crippen molar-refractivity contribution in [3.8, 4) is 0 Å². The van der Waals surface area contributed by atoms with E-state index < -0.39 is 6.29 Å². The molecule has 0 radical (unpaired) electrons. The smallest absolute Gasteiger partial charge is 0.409 e. The van der Waals surface area contributed by atoms with Gasteiger partial charge in [-0.25, -0.2) is 4.79 Å². The Morgan fingerprint density at radius 2 is 2.05 bits per heavy atom. The molecule has 1 aliphatic heterocycles. The number of carbonyl (C=O) groups is 1. The molecule has 1 amide bonds. The van der Waals surface area contributed by atoms with E-state index in [1.54, 1.807) is 0 Å². The molecule has 2 atom stereocenters. The van der Waals surface area contributed by atoms with E-state index in [0.717, 1.165) is 31.2 Å². The largest absolute Gasteiger partial charge is 0.417 e. The van der Waals surface area contributed by atoms with Crippen LogP contribution in [0.3, 0.4) is 0 Å². The molecule has 1 aromatic carbocycles. The van der Waals surface area contributed by atoms with Gasteiger partial charge in [-0.05, 0) is 12.0 Å². The van der Waals surface area contributed by atoms with Crippen molar-refractivity contribution in [2.75, 3.05) is 0 Å². The highest BCUT2D eigenvalue weighted by atomic mass is 16.7. The van der Waals surface area contributed by atoms with Crippen molar-refractivity contribution < 1.29 is 14.3 Å². The maximum Gasteiger partial charge on any atom is 0.409 e. The molecule has 1 N–H and O–H groups in total. The zero-order valence-electron chi connectivity index (χ0n) is 11.3. The van der Waals surface area contributed by atoms with Gasteiger partial charge in [0.2, 0.25) is 6.29 Å². The van der Waals surface area contributed by atoms with Crippen molar-refractivity contribution in [3.63, 3.8) is 0 Å².